The van der Waals surface area contributed by atoms with Crippen LogP contribution < -0.4 is 0 Å². The van der Waals surface area contributed by atoms with Crippen LogP contribution in [0.3, 0.4) is 0 Å². The van der Waals surface area contributed by atoms with Crippen molar-refractivity contribution in [1.82, 2.24) is 9.78 Å². The third-order valence-corrected chi connectivity index (χ3v) is 1.78. The Morgan fingerprint density at radius 2 is 2.00 bits per heavy atom. The second kappa shape index (κ2) is 3.58. The van der Waals surface area contributed by atoms with Crippen LogP contribution in [0.1, 0.15) is 23.1 Å². The molecule has 1 aromatic heterocycles. The Labute approximate surface area is 86.8 Å². The largest absolute Gasteiger partial charge is 0.440 e. The summed E-state index contributed by atoms with van der Waals surface area (Å²) in [5.41, 5.74) is -3.29. The Kier molecular flexibility index (Phi) is 2.71. The smallest absolute Gasteiger partial charge is 0.273 e. The van der Waals surface area contributed by atoms with E-state index in [9.17, 15) is 28.1 Å². The van der Waals surface area contributed by atoms with Gasteiger partial charge in [0.15, 0.2) is 0 Å². The van der Waals surface area contributed by atoms with E-state index in [4.69, 9.17) is 0 Å². The summed E-state index contributed by atoms with van der Waals surface area (Å²) in [4.78, 5) is 20.1. The van der Waals surface area contributed by atoms with Gasteiger partial charge in [-0.3, -0.25) is 14.9 Å². The van der Waals surface area contributed by atoms with Crippen molar-refractivity contribution in [2.75, 3.05) is 0 Å². The van der Waals surface area contributed by atoms with Crippen LogP contribution in [0.5, 0.6) is 0 Å². The van der Waals surface area contributed by atoms with Gasteiger partial charge in [-0.15, -0.1) is 0 Å². The highest BCUT2D eigenvalue weighted by Gasteiger charge is 2.45. The van der Waals surface area contributed by atoms with E-state index in [1.165, 1.54) is 0 Å². The van der Waals surface area contributed by atoms with E-state index in [0.29, 0.717) is 0 Å². The summed E-state index contributed by atoms with van der Waals surface area (Å²) in [7, 11) is 0. The Bertz CT molecular complexity index is 463. The summed E-state index contributed by atoms with van der Waals surface area (Å²) in [6.07, 6.45) is -5.00. The highest BCUT2D eigenvalue weighted by molar-refractivity contribution is 5.77. The van der Waals surface area contributed by atoms with Gasteiger partial charge in [0.1, 0.15) is 5.69 Å². The highest BCUT2D eigenvalue weighted by Crippen LogP contribution is 2.37. The van der Waals surface area contributed by atoms with Crippen LogP contribution in [0.2, 0.25) is 0 Å². The molecule has 0 atom stereocenters. The fraction of sp³-hybridized carbons (Fsp3) is 0.429. The molecule has 0 bridgehead atoms. The van der Waals surface area contributed by atoms with Crippen molar-refractivity contribution in [3.63, 3.8) is 0 Å². The Balaban J connectivity index is 3.63. The molecule has 0 aromatic carbocycles. The minimum Gasteiger partial charge on any atom is -0.273 e. The number of hydrogen-bond donors (Lipinski definition) is 0. The first-order valence-corrected chi connectivity index (χ1v) is 3.98. The Hall–Kier alpha value is -1.93. The van der Waals surface area contributed by atoms with Gasteiger partial charge in [0.2, 0.25) is 11.6 Å². The van der Waals surface area contributed by atoms with Gasteiger partial charge in [0.05, 0.1) is 4.92 Å². The van der Waals surface area contributed by atoms with Gasteiger partial charge >= 0.3 is 11.9 Å². The molecule has 0 aliphatic carbocycles. The molecule has 9 heteroatoms. The van der Waals surface area contributed by atoms with Gasteiger partial charge in [-0.25, -0.2) is 0 Å². The molecule has 6 nitrogen and oxygen atoms in total. The average molecular weight is 237 g/mol. The predicted octanol–water partition coefficient (Wildman–Crippen LogP) is 1.78. The van der Waals surface area contributed by atoms with Crippen LogP contribution in [-0.4, -0.2) is 20.6 Å². The van der Waals surface area contributed by atoms with E-state index >= 15 is 0 Å². The topological polar surface area (TPSA) is 78.0 Å². The number of aryl methyl sites for hydroxylation is 1. The zero-order chi connectivity index (χ0) is 12.7. The van der Waals surface area contributed by atoms with Crippen LogP contribution in [0.25, 0.3) is 0 Å². The summed E-state index contributed by atoms with van der Waals surface area (Å²) in [6, 6.07) is 0. The number of halogens is 3. The van der Waals surface area contributed by atoms with Crippen LogP contribution in [0.15, 0.2) is 0 Å². The number of carbonyl (C=O) groups is 1. The number of nitro groups is 1. The van der Waals surface area contributed by atoms with Crippen LogP contribution in [0, 0.1) is 17.0 Å². The van der Waals surface area contributed by atoms with Crippen molar-refractivity contribution < 1.29 is 22.9 Å². The van der Waals surface area contributed by atoms with Gasteiger partial charge in [-0.2, -0.15) is 23.0 Å². The molecule has 0 aliphatic heterocycles. The zero-order valence-electron chi connectivity index (χ0n) is 8.20. The zero-order valence-corrected chi connectivity index (χ0v) is 8.20. The van der Waals surface area contributed by atoms with E-state index in [0.717, 1.165) is 13.8 Å². The summed E-state index contributed by atoms with van der Waals surface area (Å²) in [5, 5.41) is 13.7. The maximum absolute atomic E-state index is 12.5. The van der Waals surface area contributed by atoms with E-state index in [2.05, 4.69) is 5.10 Å². The Morgan fingerprint density at radius 1 is 1.50 bits per heavy atom. The molecule has 0 saturated carbocycles. The number of rotatable bonds is 1. The summed E-state index contributed by atoms with van der Waals surface area (Å²) >= 11 is 0. The van der Waals surface area contributed by atoms with Gasteiger partial charge in [0.25, 0.3) is 0 Å². The summed E-state index contributed by atoms with van der Waals surface area (Å²) in [6.45, 7) is 1.87. The molecule has 0 unspecified atom stereocenters. The van der Waals surface area contributed by atoms with Crippen molar-refractivity contribution in [3.05, 3.63) is 21.5 Å². The Morgan fingerprint density at radius 3 is 2.31 bits per heavy atom. The molecule has 1 rings (SSSR count). The molecule has 1 heterocycles. The number of carbonyl (C=O) groups excluding carboxylic acids is 1. The summed E-state index contributed by atoms with van der Waals surface area (Å²) < 4.78 is 37.6. The van der Waals surface area contributed by atoms with Crippen molar-refractivity contribution >= 4 is 11.6 Å². The summed E-state index contributed by atoms with van der Waals surface area (Å²) in [5.74, 6) is -1.04. The van der Waals surface area contributed by atoms with Gasteiger partial charge in [-0.05, 0) is 6.92 Å². The van der Waals surface area contributed by atoms with Crippen molar-refractivity contribution in [3.8, 4) is 0 Å². The first kappa shape index (κ1) is 12.1. The number of aromatic nitrogens is 2. The van der Waals surface area contributed by atoms with E-state index in [1.54, 1.807) is 0 Å². The van der Waals surface area contributed by atoms with E-state index in [-0.39, 0.29) is 4.68 Å². The van der Waals surface area contributed by atoms with Crippen LogP contribution in [-0.2, 0) is 6.18 Å². The monoisotopic (exact) mass is 237 g/mol. The maximum Gasteiger partial charge on any atom is 0.440 e. The lowest BCUT2D eigenvalue weighted by atomic mass is 10.3. The normalized spacial score (nSPS) is 11.6. The highest BCUT2D eigenvalue weighted by atomic mass is 19.4. The minimum absolute atomic E-state index is 0.00648. The third-order valence-electron chi connectivity index (χ3n) is 1.78. The molecular formula is C7H6F3N3O3. The minimum atomic E-state index is -5.00. The molecule has 0 saturated heterocycles. The lowest BCUT2D eigenvalue weighted by Crippen LogP contribution is -2.19. The number of nitrogens with zero attached hydrogens (tertiary/aromatic N) is 3. The molecule has 88 valence electrons. The number of hydrogen-bond acceptors (Lipinski definition) is 4. The molecule has 1 aromatic rings. The van der Waals surface area contributed by atoms with E-state index < -0.39 is 34.1 Å². The van der Waals surface area contributed by atoms with Gasteiger partial charge in [0, 0.05) is 6.92 Å². The fourth-order valence-corrected chi connectivity index (χ4v) is 1.22. The molecule has 0 radical (unpaired) electrons. The van der Waals surface area contributed by atoms with Crippen molar-refractivity contribution in [2.24, 2.45) is 0 Å². The standard InChI is InChI=1S/C7H6F3N3O3/c1-3-5(13(15)16)6(7(8,9)10)12(11-3)4(2)14/h1-2H3. The van der Waals surface area contributed by atoms with Gasteiger partial charge in [-0.1, -0.05) is 0 Å². The molecule has 0 N–H and O–H groups in total. The quantitative estimate of drug-likeness (QED) is 0.550. The lowest BCUT2D eigenvalue weighted by Gasteiger charge is -2.06. The maximum atomic E-state index is 12.5. The fourth-order valence-electron chi connectivity index (χ4n) is 1.22. The van der Waals surface area contributed by atoms with Crippen molar-refractivity contribution in [1.29, 1.82) is 0 Å². The second-order valence-electron chi connectivity index (χ2n) is 2.97. The molecule has 0 aliphatic rings. The third kappa shape index (κ3) is 1.88. The van der Waals surface area contributed by atoms with Gasteiger partial charge < -0.3 is 0 Å². The average Bonchev–Trinajstić information content (AvgIpc) is 2.41. The van der Waals surface area contributed by atoms with E-state index in [1.807, 2.05) is 0 Å². The number of alkyl halides is 3. The molecular weight excluding hydrogens is 231 g/mol. The molecule has 16 heavy (non-hydrogen) atoms. The van der Waals surface area contributed by atoms with Crippen LogP contribution in [0.4, 0.5) is 18.9 Å². The molecule has 0 fully saturated rings. The molecule has 0 amide bonds. The lowest BCUT2D eigenvalue weighted by molar-refractivity contribution is -0.388. The first-order valence-electron chi connectivity index (χ1n) is 3.98. The van der Waals surface area contributed by atoms with Crippen LogP contribution >= 0.6 is 0 Å². The predicted molar refractivity (Wildman–Crippen MR) is 44.9 cm³/mol. The molecule has 0 spiro atoms. The SMILES string of the molecule is CC(=O)n1nc(C)c([N+](=O)[O-])c1C(F)(F)F. The van der Waals surface area contributed by atoms with Crippen molar-refractivity contribution in [2.45, 2.75) is 20.0 Å². The second-order valence-corrected chi connectivity index (χ2v) is 2.97. The first-order chi connectivity index (χ1) is 7.16.